The van der Waals surface area contributed by atoms with Crippen molar-refractivity contribution in [1.29, 1.82) is 0 Å². The predicted octanol–water partition coefficient (Wildman–Crippen LogP) is 2.15. The zero-order chi connectivity index (χ0) is 22.9. The lowest BCUT2D eigenvalue weighted by Gasteiger charge is -2.65. The molecule has 0 spiro atoms. The van der Waals surface area contributed by atoms with Gasteiger partial charge in [-0.2, -0.15) is 9.50 Å². The molecule has 1 N–H and O–H groups in total. The fourth-order valence-corrected chi connectivity index (χ4v) is 5.76. The highest BCUT2D eigenvalue weighted by Crippen LogP contribution is 2.69. The molecule has 3 saturated carbocycles. The van der Waals surface area contributed by atoms with E-state index in [1.165, 1.54) is 0 Å². The first-order valence-electron chi connectivity index (χ1n) is 11.5. The van der Waals surface area contributed by atoms with E-state index >= 15 is 0 Å². The van der Waals surface area contributed by atoms with E-state index in [0.717, 1.165) is 61.0 Å². The molecule has 0 amide bonds. The molecule has 4 heterocycles. The van der Waals surface area contributed by atoms with Crippen LogP contribution in [-0.2, 0) is 11.2 Å². The molecule has 1 saturated heterocycles. The second-order valence-corrected chi connectivity index (χ2v) is 9.75. The number of hydrogen-bond acceptors (Lipinski definition) is 8. The Bertz CT molecular complexity index is 1250. The van der Waals surface area contributed by atoms with Crippen LogP contribution in [0.3, 0.4) is 0 Å². The SMILES string of the molecule is Cc1nc2nc(C)c(O[C@@H]3CCN(c4cnc(CC5C6CC5(C(=O)O)C6)nc4)C3)c(C)n2n1. The van der Waals surface area contributed by atoms with E-state index in [4.69, 9.17) is 4.74 Å². The molecule has 4 aliphatic rings. The molecule has 0 radical (unpaired) electrons. The van der Waals surface area contributed by atoms with Gasteiger partial charge in [0, 0.05) is 19.4 Å². The molecule has 7 rings (SSSR count). The number of carbonyl (C=O) groups is 1. The van der Waals surface area contributed by atoms with Crippen LogP contribution in [0.4, 0.5) is 5.69 Å². The molecule has 1 unspecified atom stereocenters. The Morgan fingerprint density at radius 2 is 1.97 bits per heavy atom. The summed E-state index contributed by atoms with van der Waals surface area (Å²) in [5.74, 6) is 2.84. The Labute approximate surface area is 191 Å². The number of hydrogen-bond donors (Lipinski definition) is 1. The van der Waals surface area contributed by atoms with E-state index in [-0.39, 0.29) is 12.0 Å². The van der Waals surface area contributed by atoms with Gasteiger partial charge >= 0.3 is 5.97 Å². The number of fused-ring (bicyclic) bond motifs is 1. The smallest absolute Gasteiger partial charge is 0.309 e. The maximum absolute atomic E-state index is 11.6. The summed E-state index contributed by atoms with van der Waals surface area (Å²) in [6.45, 7) is 7.36. The fourth-order valence-electron chi connectivity index (χ4n) is 5.76. The van der Waals surface area contributed by atoms with Crippen molar-refractivity contribution in [3.8, 4) is 5.75 Å². The Balaban J connectivity index is 1.11. The summed E-state index contributed by atoms with van der Waals surface area (Å²) in [5, 5.41) is 13.9. The predicted molar refractivity (Wildman–Crippen MR) is 118 cm³/mol. The van der Waals surface area contributed by atoms with Gasteiger partial charge in [-0.15, -0.1) is 5.10 Å². The van der Waals surface area contributed by atoms with Gasteiger partial charge in [0.25, 0.3) is 5.78 Å². The Morgan fingerprint density at radius 1 is 1.21 bits per heavy atom. The molecule has 2 bridgehead atoms. The molecule has 2 atom stereocenters. The summed E-state index contributed by atoms with van der Waals surface area (Å²) >= 11 is 0. The lowest BCUT2D eigenvalue weighted by Crippen LogP contribution is -2.66. The molecule has 172 valence electrons. The first-order valence-corrected chi connectivity index (χ1v) is 11.5. The van der Waals surface area contributed by atoms with Crippen molar-refractivity contribution >= 4 is 17.4 Å². The summed E-state index contributed by atoms with van der Waals surface area (Å²) in [4.78, 5) is 31.8. The molecular weight excluding hydrogens is 422 g/mol. The topological polar surface area (TPSA) is 119 Å². The summed E-state index contributed by atoms with van der Waals surface area (Å²) in [7, 11) is 0. The molecule has 33 heavy (non-hydrogen) atoms. The molecule has 10 heteroatoms. The minimum absolute atomic E-state index is 0.0310. The normalized spacial score (nSPS) is 28.0. The number of aliphatic carboxylic acids is 1. The second-order valence-electron chi connectivity index (χ2n) is 9.75. The summed E-state index contributed by atoms with van der Waals surface area (Å²) in [6, 6.07) is 0. The van der Waals surface area contributed by atoms with Gasteiger partial charge in [-0.1, -0.05) is 0 Å². The molecule has 0 aromatic carbocycles. The first-order chi connectivity index (χ1) is 15.8. The van der Waals surface area contributed by atoms with Crippen LogP contribution in [0.5, 0.6) is 5.75 Å². The van der Waals surface area contributed by atoms with Crippen LogP contribution < -0.4 is 9.64 Å². The van der Waals surface area contributed by atoms with E-state index in [9.17, 15) is 9.90 Å². The number of carboxylic acid groups (broad SMARTS) is 1. The average molecular weight is 450 g/mol. The number of anilines is 1. The Hall–Kier alpha value is -3.30. The number of aryl methyl sites for hydroxylation is 3. The van der Waals surface area contributed by atoms with Crippen molar-refractivity contribution in [1.82, 2.24) is 29.5 Å². The van der Waals surface area contributed by atoms with Crippen LogP contribution in [0.25, 0.3) is 5.78 Å². The number of carboxylic acids is 1. The number of nitrogens with zero attached hydrogens (tertiary/aromatic N) is 7. The number of rotatable bonds is 6. The third-order valence-corrected chi connectivity index (χ3v) is 7.79. The quantitative estimate of drug-likeness (QED) is 0.604. The van der Waals surface area contributed by atoms with E-state index in [1.807, 2.05) is 33.2 Å². The molecular formula is C23H27N7O3. The van der Waals surface area contributed by atoms with Gasteiger partial charge in [0.15, 0.2) is 5.75 Å². The Kier molecular flexibility index (Phi) is 4.37. The maximum Gasteiger partial charge on any atom is 0.309 e. The standard InChI is InChI=1S/C23H27N7O3/c1-12-20(13(2)30-22(26-12)27-14(3)28-30)33-17-4-5-29(11-17)16-9-24-19(25-10-16)6-18-15-7-23(18,8-15)21(31)32/h9-10,15,17-18H,4-8,11H2,1-3H3,(H,31,32)/t15?,17-,18?,23?/m1/s1. The van der Waals surface area contributed by atoms with Crippen molar-refractivity contribution in [3.63, 3.8) is 0 Å². The van der Waals surface area contributed by atoms with Crippen LogP contribution in [0, 0.1) is 38.0 Å². The second kappa shape index (κ2) is 7.10. The van der Waals surface area contributed by atoms with Crippen LogP contribution in [0.2, 0.25) is 0 Å². The zero-order valence-corrected chi connectivity index (χ0v) is 19.0. The number of ether oxygens (including phenoxy) is 1. The van der Waals surface area contributed by atoms with Gasteiger partial charge < -0.3 is 14.7 Å². The number of aromatic nitrogens is 6. The van der Waals surface area contributed by atoms with E-state index in [0.29, 0.717) is 23.9 Å². The van der Waals surface area contributed by atoms with Gasteiger partial charge in [0.05, 0.1) is 41.4 Å². The zero-order valence-electron chi connectivity index (χ0n) is 19.0. The van der Waals surface area contributed by atoms with Gasteiger partial charge in [0.1, 0.15) is 17.8 Å². The summed E-state index contributed by atoms with van der Waals surface area (Å²) in [5.41, 5.74) is 2.17. The maximum atomic E-state index is 11.6. The van der Waals surface area contributed by atoms with Crippen LogP contribution >= 0.6 is 0 Å². The highest BCUT2D eigenvalue weighted by atomic mass is 16.5. The van der Waals surface area contributed by atoms with Crippen LogP contribution in [0.1, 0.15) is 42.3 Å². The molecule has 3 aliphatic carbocycles. The highest BCUT2D eigenvalue weighted by molar-refractivity contribution is 5.79. The average Bonchev–Trinajstić information content (AvgIpc) is 3.34. The van der Waals surface area contributed by atoms with Crippen LogP contribution in [-0.4, -0.2) is 59.8 Å². The van der Waals surface area contributed by atoms with Crippen molar-refractivity contribution in [3.05, 3.63) is 35.4 Å². The Morgan fingerprint density at radius 3 is 2.64 bits per heavy atom. The van der Waals surface area contributed by atoms with Crippen molar-refractivity contribution < 1.29 is 14.6 Å². The van der Waals surface area contributed by atoms with Gasteiger partial charge in [-0.25, -0.2) is 15.0 Å². The van der Waals surface area contributed by atoms with Crippen molar-refractivity contribution in [2.75, 3.05) is 18.0 Å². The summed E-state index contributed by atoms with van der Waals surface area (Å²) < 4.78 is 8.10. The molecule has 3 aromatic heterocycles. The lowest BCUT2D eigenvalue weighted by molar-refractivity contribution is -0.216. The van der Waals surface area contributed by atoms with E-state index in [1.54, 1.807) is 4.52 Å². The third kappa shape index (κ3) is 3.07. The molecule has 4 fully saturated rings. The molecule has 3 aromatic rings. The monoisotopic (exact) mass is 449 g/mol. The first kappa shape index (κ1) is 20.3. The van der Waals surface area contributed by atoms with Gasteiger partial charge in [-0.05, 0) is 45.4 Å². The fraction of sp³-hybridized carbons (Fsp3) is 0.565. The van der Waals surface area contributed by atoms with E-state index < -0.39 is 11.4 Å². The van der Waals surface area contributed by atoms with E-state index in [2.05, 4.69) is 29.9 Å². The largest absolute Gasteiger partial charge is 0.485 e. The molecule has 10 nitrogen and oxygen atoms in total. The summed E-state index contributed by atoms with van der Waals surface area (Å²) in [6.07, 6.45) is 6.91. The van der Waals surface area contributed by atoms with Crippen LogP contribution in [0.15, 0.2) is 12.4 Å². The molecule has 1 aliphatic heterocycles. The third-order valence-electron chi connectivity index (χ3n) is 7.79. The minimum atomic E-state index is -0.659. The van der Waals surface area contributed by atoms with Crippen molar-refractivity contribution in [2.45, 2.75) is 52.6 Å². The van der Waals surface area contributed by atoms with Crippen molar-refractivity contribution in [2.24, 2.45) is 17.3 Å². The van der Waals surface area contributed by atoms with Gasteiger partial charge in [-0.3, -0.25) is 4.79 Å². The lowest BCUT2D eigenvalue weighted by atomic mass is 9.37. The highest BCUT2D eigenvalue weighted by Gasteiger charge is 2.69. The van der Waals surface area contributed by atoms with Gasteiger partial charge in [0.2, 0.25) is 0 Å². The minimum Gasteiger partial charge on any atom is -0.485 e.